The summed E-state index contributed by atoms with van der Waals surface area (Å²) in [5, 5.41) is 19.5. The predicted molar refractivity (Wildman–Crippen MR) is 74.0 cm³/mol. The molecular weight excluding hydrogens is 287 g/mol. The number of phenolic OH excluding ortho intramolecular Hbond substituents is 1. The molecule has 0 heterocycles. The molecule has 98 valence electrons. The van der Waals surface area contributed by atoms with Crippen molar-refractivity contribution in [2.75, 3.05) is 0 Å². The van der Waals surface area contributed by atoms with E-state index in [1.54, 1.807) is 36.4 Å². The van der Waals surface area contributed by atoms with Crippen LogP contribution in [0.1, 0.15) is 17.0 Å². The van der Waals surface area contributed by atoms with Crippen molar-refractivity contribution in [3.63, 3.8) is 0 Å². The van der Waals surface area contributed by atoms with Gasteiger partial charge in [-0.25, -0.2) is 0 Å². The highest BCUT2D eigenvalue weighted by Crippen LogP contribution is 2.35. The molecule has 5 heteroatoms. The van der Waals surface area contributed by atoms with Crippen LogP contribution < -0.4 is 0 Å². The Morgan fingerprint density at radius 3 is 2.26 bits per heavy atom. The van der Waals surface area contributed by atoms with Gasteiger partial charge in [0.25, 0.3) is 0 Å². The normalized spacial score (nSPS) is 12.1. The van der Waals surface area contributed by atoms with Gasteiger partial charge in [0.05, 0.1) is 5.02 Å². The first-order chi connectivity index (χ1) is 9.00. The van der Waals surface area contributed by atoms with Crippen LogP contribution in [-0.2, 0) is 4.79 Å². The Morgan fingerprint density at radius 1 is 1.05 bits per heavy atom. The molecule has 0 bridgehead atoms. The first-order valence-corrected chi connectivity index (χ1v) is 6.22. The summed E-state index contributed by atoms with van der Waals surface area (Å²) in [6, 6.07) is 11.0. The third-order valence-corrected chi connectivity index (χ3v) is 3.43. The Labute approximate surface area is 120 Å². The highest BCUT2D eigenvalue weighted by Gasteiger charge is 2.25. The predicted octanol–water partition coefficient (Wildman–Crippen LogP) is 3.92. The van der Waals surface area contributed by atoms with Gasteiger partial charge in [0.15, 0.2) is 0 Å². The summed E-state index contributed by atoms with van der Waals surface area (Å²) < 4.78 is 0. The van der Waals surface area contributed by atoms with Crippen LogP contribution in [0.2, 0.25) is 10.0 Å². The second kappa shape index (κ2) is 5.51. The maximum Gasteiger partial charge on any atom is 0.315 e. The van der Waals surface area contributed by atoms with Crippen LogP contribution in [0.25, 0.3) is 0 Å². The van der Waals surface area contributed by atoms with E-state index in [1.165, 1.54) is 6.07 Å². The van der Waals surface area contributed by atoms with Crippen molar-refractivity contribution in [1.29, 1.82) is 0 Å². The maximum absolute atomic E-state index is 11.5. The van der Waals surface area contributed by atoms with Crippen molar-refractivity contribution in [3.05, 3.63) is 63.6 Å². The molecule has 0 saturated carbocycles. The summed E-state index contributed by atoms with van der Waals surface area (Å²) in [5.74, 6) is -2.13. The summed E-state index contributed by atoms with van der Waals surface area (Å²) in [6.07, 6.45) is 0. The number of benzene rings is 2. The van der Waals surface area contributed by atoms with Crippen molar-refractivity contribution < 1.29 is 15.0 Å². The summed E-state index contributed by atoms with van der Waals surface area (Å²) in [6.45, 7) is 0. The highest BCUT2D eigenvalue weighted by atomic mass is 35.5. The minimum Gasteiger partial charge on any atom is -0.506 e. The molecule has 19 heavy (non-hydrogen) atoms. The highest BCUT2D eigenvalue weighted by molar-refractivity contribution is 6.33. The summed E-state index contributed by atoms with van der Waals surface area (Å²) >= 11 is 11.8. The Morgan fingerprint density at radius 2 is 1.68 bits per heavy atom. The minimum atomic E-state index is -1.05. The first-order valence-electron chi connectivity index (χ1n) is 5.46. The van der Waals surface area contributed by atoms with Gasteiger partial charge >= 0.3 is 5.97 Å². The van der Waals surface area contributed by atoms with E-state index in [9.17, 15) is 15.0 Å². The summed E-state index contributed by atoms with van der Waals surface area (Å²) in [7, 11) is 0. The topological polar surface area (TPSA) is 57.5 Å². The zero-order valence-electron chi connectivity index (χ0n) is 9.68. The van der Waals surface area contributed by atoms with Crippen LogP contribution in [0, 0.1) is 0 Å². The van der Waals surface area contributed by atoms with Gasteiger partial charge in [0, 0.05) is 5.02 Å². The minimum absolute atomic E-state index is 0.0462. The molecule has 0 aliphatic heterocycles. The fourth-order valence-electron chi connectivity index (χ4n) is 1.87. The number of aliphatic carboxylic acids is 1. The number of carboxylic acids is 1. The third-order valence-electron chi connectivity index (χ3n) is 2.77. The molecule has 0 fully saturated rings. The number of aromatic hydroxyl groups is 1. The lowest BCUT2D eigenvalue weighted by atomic mass is 9.91. The number of halogens is 2. The van der Waals surface area contributed by atoms with Crippen molar-refractivity contribution in [2.45, 2.75) is 5.92 Å². The number of phenols is 1. The van der Waals surface area contributed by atoms with Gasteiger partial charge in [-0.2, -0.15) is 0 Å². The quantitative estimate of drug-likeness (QED) is 0.903. The molecule has 1 unspecified atom stereocenters. The van der Waals surface area contributed by atoms with Crippen LogP contribution in [0.3, 0.4) is 0 Å². The van der Waals surface area contributed by atoms with Gasteiger partial charge in [0.2, 0.25) is 0 Å². The Kier molecular flexibility index (Phi) is 3.98. The van der Waals surface area contributed by atoms with E-state index in [2.05, 4.69) is 0 Å². The summed E-state index contributed by atoms with van der Waals surface area (Å²) in [5.41, 5.74) is 0.890. The second-order valence-electron chi connectivity index (χ2n) is 4.00. The SMILES string of the molecule is O=C(O)C(c1ccc(Cl)cc1)c1cccc(O)c1Cl. The Balaban J connectivity index is 2.55. The van der Waals surface area contributed by atoms with E-state index in [0.717, 1.165) is 0 Å². The van der Waals surface area contributed by atoms with Crippen molar-refractivity contribution >= 4 is 29.2 Å². The van der Waals surface area contributed by atoms with Crippen LogP contribution in [0.4, 0.5) is 0 Å². The molecule has 0 saturated heterocycles. The van der Waals surface area contributed by atoms with E-state index >= 15 is 0 Å². The van der Waals surface area contributed by atoms with E-state index in [1.807, 2.05) is 0 Å². The molecule has 2 aromatic rings. The van der Waals surface area contributed by atoms with Gasteiger partial charge in [-0.1, -0.05) is 47.5 Å². The Bertz CT molecular complexity index is 609. The van der Waals surface area contributed by atoms with Gasteiger partial charge in [-0.15, -0.1) is 0 Å². The molecule has 2 N–H and O–H groups in total. The molecule has 0 radical (unpaired) electrons. The number of hydrogen-bond acceptors (Lipinski definition) is 2. The van der Waals surface area contributed by atoms with Gasteiger partial charge in [-0.3, -0.25) is 4.79 Å². The van der Waals surface area contributed by atoms with Gasteiger partial charge in [-0.05, 0) is 29.3 Å². The lowest BCUT2D eigenvalue weighted by Crippen LogP contribution is -2.13. The molecule has 0 spiro atoms. The van der Waals surface area contributed by atoms with Crippen LogP contribution in [0.5, 0.6) is 5.75 Å². The Hall–Kier alpha value is -1.71. The van der Waals surface area contributed by atoms with Crippen molar-refractivity contribution in [2.24, 2.45) is 0 Å². The zero-order valence-corrected chi connectivity index (χ0v) is 11.2. The second-order valence-corrected chi connectivity index (χ2v) is 4.82. The fraction of sp³-hybridized carbons (Fsp3) is 0.0714. The number of carboxylic acid groups (broad SMARTS) is 1. The van der Waals surface area contributed by atoms with Crippen molar-refractivity contribution in [3.8, 4) is 5.75 Å². The van der Waals surface area contributed by atoms with E-state index in [-0.39, 0.29) is 10.8 Å². The molecule has 0 aromatic heterocycles. The van der Waals surface area contributed by atoms with Crippen molar-refractivity contribution in [1.82, 2.24) is 0 Å². The molecule has 1 atom stereocenters. The smallest absolute Gasteiger partial charge is 0.315 e. The third kappa shape index (κ3) is 2.83. The zero-order chi connectivity index (χ0) is 14.0. The lowest BCUT2D eigenvalue weighted by Gasteiger charge is -2.15. The number of hydrogen-bond donors (Lipinski definition) is 2. The average molecular weight is 297 g/mol. The van der Waals surface area contributed by atoms with Crippen LogP contribution in [-0.4, -0.2) is 16.2 Å². The molecule has 0 aliphatic rings. The largest absolute Gasteiger partial charge is 0.506 e. The molecule has 3 nitrogen and oxygen atoms in total. The number of rotatable bonds is 3. The average Bonchev–Trinajstić information content (AvgIpc) is 2.37. The van der Waals surface area contributed by atoms with Gasteiger partial charge < -0.3 is 10.2 Å². The van der Waals surface area contributed by atoms with E-state index in [0.29, 0.717) is 16.1 Å². The molecule has 0 amide bonds. The molecule has 0 aliphatic carbocycles. The molecular formula is C14H10Cl2O3. The van der Waals surface area contributed by atoms with E-state index < -0.39 is 11.9 Å². The first kappa shape index (κ1) is 13.7. The lowest BCUT2D eigenvalue weighted by molar-refractivity contribution is -0.137. The molecule has 2 rings (SSSR count). The summed E-state index contributed by atoms with van der Waals surface area (Å²) in [4.78, 5) is 11.5. The van der Waals surface area contributed by atoms with Crippen LogP contribution >= 0.6 is 23.2 Å². The molecule has 2 aromatic carbocycles. The fourth-order valence-corrected chi connectivity index (χ4v) is 2.23. The monoisotopic (exact) mass is 296 g/mol. The number of carbonyl (C=O) groups is 1. The van der Waals surface area contributed by atoms with E-state index in [4.69, 9.17) is 23.2 Å². The maximum atomic E-state index is 11.5. The van der Waals surface area contributed by atoms with Crippen LogP contribution in [0.15, 0.2) is 42.5 Å². The standard InChI is InChI=1S/C14H10Cl2O3/c15-9-6-4-8(5-7-9)12(14(18)19)10-2-1-3-11(17)13(10)16/h1-7,12,17H,(H,18,19). The van der Waals surface area contributed by atoms with Gasteiger partial charge in [0.1, 0.15) is 11.7 Å².